The van der Waals surface area contributed by atoms with Gasteiger partial charge >= 0.3 is 0 Å². The van der Waals surface area contributed by atoms with Gasteiger partial charge in [0.2, 0.25) is 0 Å². The third-order valence-electron chi connectivity index (χ3n) is 4.05. The number of rotatable bonds is 4. The summed E-state index contributed by atoms with van der Waals surface area (Å²) in [5.74, 6) is 0. The minimum Gasteiger partial charge on any atom is -0.268 e. The Bertz CT molecular complexity index is 1080. The lowest BCUT2D eigenvalue weighted by Crippen LogP contribution is -2.00. The molecule has 0 amide bonds. The number of nitriles is 1. The summed E-state index contributed by atoms with van der Waals surface area (Å²) in [4.78, 5) is 8.50. The lowest BCUT2D eigenvalue weighted by Gasteiger charge is -2.04. The zero-order valence-corrected chi connectivity index (χ0v) is 13.9. The van der Waals surface area contributed by atoms with Gasteiger partial charge in [-0.2, -0.15) is 10.4 Å². The molecule has 3 heterocycles. The molecule has 0 aliphatic rings. The lowest BCUT2D eigenvalue weighted by atomic mass is 10.0. The number of aromatic nitrogens is 4. The number of benzene rings is 1. The summed E-state index contributed by atoms with van der Waals surface area (Å²) in [5.41, 5.74) is 5.35. The van der Waals surface area contributed by atoms with E-state index in [1.165, 1.54) is 0 Å². The van der Waals surface area contributed by atoms with Crippen molar-refractivity contribution in [3.05, 3.63) is 90.5 Å². The highest BCUT2D eigenvalue weighted by Crippen LogP contribution is 2.24. The van der Waals surface area contributed by atoms with E-state index in [2.05, 4.69) is 21.1 Å². The fraction of sp³-hybridized carbons (Fsp3) is 0.0476. The van der Waals surface area contributed by atoms with E-state index in [0.29, 0.717) is 12.1 Å². The molecule has 0 saturated heterocycles. The number of nitrogens with zero attached hydrogens (tertiary/aromatic N) is 5. The summed E-state index contributed by atoms with van der Waals surface area (Å²) in [6.45, 7) is 0.680. The zero-order chi connectivity index (χ0) is 17.8. The second kappa shape index (κ2) is 6.99. The topological polar surface area (TPSA) is 67.4 Å². The highest BCUT2D eigenvalue weighted by atomic mass is 15.3. The van der Waals surface area contributed by atoms with E-state index in [9.17, 15) is 0 Å². The van der Waals surface area contributed by atoms with E-state index >= 15 is 0 Å². The molecule has 4 aromatic rings. The molecule has 3 aromatic heterocycles. The Balaban J connectivity index is 1.62. The maximum absolute atomic E-state index is 9.07. The van der Waals surface area contributed by atoms with Crippen LogP contribution in [0.2, 0.25) is 0 Å². The van der Waals surface area contributed by atoms with Gasteiger partial charge in [-0.25, -0.2) is 0 Å². The largest absolute Gasteiger partial charge is 0.268 e. The van der Waals surface area contributed by atoms with E-state index in [-0.39, 0.29) is 0 Å². The van der Waals surface area contributed by atoms with Crippen molar-refractivity contribution in [1.82, 2.24) is 19.7 Å². The first-order chi connectivity index (χ1) is 12.8. The first-order valence-electron chi connectivity index (χ1n) is 8.21. The van der Waals surface area contributed by atoms with Crippen molar-refractivity contribution >= 4 is 0 Å². The van der Waals surface area contributed by atoms with E-state index in [1.54, 1.807) is 24.5 Å². The third kappa shape index (κ3) is 3.35. The minimum atomic E-state index is 0.598. The molecule has 26 heavy (non-hydrogen) atoms. The summed E-state index contributed by atoms with van der Waals surface area (Å²) in [6.07, 6.45) is 7.22. The summed E-state index contributed by atoms with van der Waals surface area (Å²) in [5, 5.41) is 13.7. The molecule has 5 nitrogen and oxygen atoms in total. The van der Waals surface area contributed by atoms with E-state index in [4.69, 9.17) is 5.26 Å². The van der Waals surface area contributed by atoms with Crippen LogP contribution in [0.25, 0.3) is 22.5 Å². The maximum Gasteiger partial charge on any atom is 0.0992 e. The van der Waals surface area contributed by atoms with Gasteiger partial charge < -0.3 is 0 Å². The molecule has 0 radical (unpaired) electrons. The van der Waals surface area contributed by atoms with Crippen LogP contribution in [-0.4, -0.2) is 19.7 Å². The second-order valence-corrected chi connectivity index (χ2v) is 5.88. The van der Waals surface area contributed by atoms with Gasteiger partial charge in [0.15, 0.2) is 0 Å². The minimum absolute atomic E-state index is 0.598. The molecule has 0 aliphatic heterocycles. The molecule has 0 N–H and O–H groups in total. The summed E-state index contributed by atoms with van der Waals surface area (Å²) in [7, 11) is 0. The van der Waals surface area contributed by atoms with Crippen molar-refractivity contribution in [2.24, 2.45) is 0 Å². The van der Waals surface area contributed by atoms with Crippen molar-refractivity contribution in [2.45, 2.75) is 6.54 Å². The van der Waals surface area contributed by atoms with Gasteiger partial charge in [0, 0.05) is 35.9 Å². The molecule has 5 heteroatoms. The molecule has 124 valence electrons. The Morgan fingerprint density at radius 3 is 2.62 bits per heavy atom. The SMILES string of the molecule is N#Cc1ccnc(-c2cccc(-c3ccn(Cc4cccnc4)n3)c2)c1. The van der Waals surface area contributed by atoms with Crippen molar-refractivity contribution in [2.75, 3.05) is 0 Å². The van der Waals surface area contributed by atoms with Crippen LogP contribution < -0.4 is 0 Å². The smallest absolute Gasteiger partial charge is 0.0992 e. The lowest BCUT2D eigenvalue weighted by molar-refractivity contribution is 0.687. The van der Waals surface area contributed by atoms with Crippen LogP contribution in [0.5, 0.6) is 0 Å². The third-order valence-corrected chi connectivity index (χ3v) is 4.05. The quantitative estimate of drug-likeness (QED) is 0.566. The van der Waals surface area contributed by atoms with E-state index in [0.717, 1.165) is 28.1 Å². The molecule has 0 unspecified atom stereocenters. The average molecular weight is 337 g/mol. The first kappa shape index (κ1) is 15.7. The number of hydrogen-bond donors (Lipinski definition) is 0. The van der Waals surface area contributed by atoms with Crippen LogP contribution in [-0.2, 0) is 6.54 Å². The van der Waals surface area contributed by atoms with Gasteiger partial charge in [0.05, 0.1) is 29.6 Å². The highest BCUT2D eigenvalue weighted by Gasteiger charge is 2.07. The molecule has 1 aromatic carbocycles. The molecule has 0 bridgehead atoms. The second-order valence-electron chi connectivity index (χ2n) is 5.88. The Morgan fingerprint density at radius 1 is 0.923 bits per heavy atom. The summed E-state index contributed by atoms with van der Waals surface area (Å²) >= 11 is 0. The molecule has 0 atom stereocenters. The van der Waals surface area contributed by atoms with Gasteiger partial charge in [-0.05, 0) is 35.9 Å². The van der Waals surface area contributed by atoms with Crippen LogP contribution in [0.4, 0.5) is 0 Å². The summed E-state index contributed by atoms with van der Waals surface area (Å²) < 4.78 is 1.90. The van der Waals surface area contributed by atoms with E-state index < -0.39 is 0 Å². The number of pyridine rings is 2. The standard InChI is InChI=1S/C21H15N5/c22-13-16-6-9-24-21(11-16)19-5-1-4-18(12-19)20-7-10-26(25-20)15-17-3-2-8-23-14-17/h1-12,14H,15H2. The fourth-order valence-corrected chi connectivity index (χ4v) is 2.78. The molecule has 0 fully saturated rings. The fourth-order valence-electron chi connectivity index (χ4n) is 2.78. The van der Waals surface area contributed by atoms with Crippen molar-refractivity contribution < 1.29 is 0 Å². The Kier molecular flexibility index (Phi) is 4.23. The van der Waals surface area contributed by atoms with Gasteiger partial charge in [0.25, 0.3) is 0 Å². The predicted molar refractivity (Wildman–Crippen MR) is 98.9 cm³/mol. The average Bonchev–Trinajstić information content (AvgIpc) is 3.17. The van der Waals surface area contributed by atoms with Crippen LogP contribution in [0.1, 0.15) is 11.1 Å². The molecular formula is C21H15N5. The van der Waals surface area contributed by atoms with Crippen LogP contribution >= 0.6 is 0 Å². The Morgan fingerprint density at radius 2 is 1.81 bits per heavy atom. The Hall–Kier alpha value is -3.78. The zero-order valence-electron chi connectivity index (χ0n) is 13.9. The monoisotopic (exact) mass is 337 g/mol. The number of hydrogen-bond acceptors (Lipinski definition) is 4. The predicted octanol–water partition coefficient (Wildman–Crippen LogP) is 3.93. The normalized spacial score (nSPS) is 10.4. The van der Waals surface area contributed by atoms with Crippen LogP contribution in [0.3, 0.4) is 0 Å². The van der Waals surface area contributed by atoms with Crippen molar-refractivity contribution in [3.63, 3.8) is 0 Å². The molecular weight excluding hydrogens is 322 g/mol. The molecule has 0 saturated carbocycles. The molecule has 0 spiro atoms. The maximum atomic E-state index is 9.07. The van der Waals surface area contributed by atoms with Crippen LogP contribution in [0, 0.1) is 11.3 Å². The van der Waals surface area contributed by atoms with Gasteiger partial charge in [-0.15, -0.1) is 0 Å². The van der Waals surface area contributed by atoms with Crippen molar-refractivity contribution in [1.29, 1.82) is 5.26 Å². The molecule has 4 rings (SSSR count). The van der Waals surface area contributed by atoms with Gasteiger partial charge in [-0.1, -0.05) is 24.3 Å². The summed E-state index contributed by atoms with van der Waals surface area (Å²) in [6, 6.07) is 19.6. The first-order valence-corrected chi connectivity index (χ1v) is 8.21. The highest BCUT2D eigenvalue weighted by molar-refractivity contribution is 5.69. The van der Waals surface area contributed by atoms with Crippen molar-refractivity contribution in [3.8, 4) is 28.6 Å². The molecule has 0 aliphatic carbocycles. The van der Waals surface area contributed by atoms with E-state index in [1.807, 2.05) is 59.5 Å². The van der Waals surface area contributed by atoms with Crippen LogP contribution in [0.15, 0.2) is 79.4 Å². The Labute approximate surface area is 151 Å². The van der Waals surface area contributed by atoms with Gasteiger partial charge in [0.1, 0.15) is 0 Å². The van der Waals surface area contributed by atoms with Gasteiger partial charge in [-0.3, -0.25) is 14.6 Å².